The minimum Gasteiger partial charge on any atom is -0.385 e. The van der Waals surface area contributed by atoms with Gasteiger partial charge < -0.3 is 5.32 Å². The standard InChI is InChI=1S/C11H15N3/c1-2-3-4-6-13-10-5-7-14-11(8-10)9-12/h5,7-8H,2-4,6H2,1H3,(H,13,14). The number of nitriles is 1. The highest BCUT2D eigenvalue weighted by molar-refractivity contribution is 5.45. The van der Waals surface area contributed by atoms with Gasteiger partial charge in [0.05, 0.1) is 0 Å². The SMILES string of the molecule is CCCCCNc1ccnc(C#N)c1. The third kappa shape index (κ3) is 3.44. The Bertz CT molecular complexity index is 315. The Balaban J connectivity index is 2.39. The quantitative estimate of drug-likeness (QED) is 0.724. The van der Waals surface area contributed by atoms with Gasteiger partial charge in [-0.3, -0.25) is 0 Å². The fraction of sp³-hybridized carbons (Fsp3) is 0.455. The van der Waals surface area contributed by atoms with Crippen molar-refractivity contribution >= 4 is 5.69 Å². The lowest BCUT2D eigenvalue weighted by molar-refractivity contribution is 0.743. The van der Waals surface area contributed by atoms with Crippen molar-refractivity contribution in [2.45, 2.75) is 26.2 Å². The molecular weight excluding hydrogens is 174 g/mol. The lowest BCUT2D eigenvalue weighted by atomic mass is 10.2. The zero-order valence-electron chi connectivity index (χ0n) is 8.45. The Morgan fingerprint density at radius 2 is 2.36 bits per heavy atom. The highest BCUT2D eigenvalue weighted by Crippen LogP contribution is 2.07. The van der Waals surface area contributed by atoms with Crippen LogP contribution in [0.1, 0.15) is 31.9 Å². The Morgan fingerprint density at radius 1 is 1.50 bits per heavy atom. The van der Waals surface area contributed by atoms with E-state index in [2.05, 4.69) is 17.2 Å². The first kappa shape index (κ1) is 10.5. The van der Waals surface area contributed by atoms with Gasteiger partial charge in [-0.25, -0.2) is 4.98 Å². The van der Waals surface area contributed by atoms with Crippen LogP contribution in [0.15, 0.2) is 18.3 Å². The molecule has 1 N–H and O–H groups in total. The average Bonchev–Trinajstić information content (AvgIpc) is 2.25. The molecule has 0 radical (unpaired) electrons. The van der Waals surface area contributed by atoms with E-state index in [0.717, 1.165) is 12.2 Å². The van der Waals surface area contributed by atoms with Crippen molar-refractivity contribution in [3.63, 3.8) is 0 Å². The van der Waals surface area contributed by atoms with Crippen LogP contribution in [-0.2, 0) is 0 Å². The lowest BCUT2D eigenvalue weighted by Crippen LogP contribution is -2.01. The van der Waals surface area contributed by atoms with Crippen LogP contribution in [0, 0.1) is 11.3 Å². The first-order chi connectivity index (χ1) is 6.86. The normalized spacial score (nSPS) is 9.43. The molecule has 3 nitrogen and oxygen atoms in total. The summed E-state index contributed by atoms with van der Waals surface area (Å²) in [6.07, 6.45) is 5.28. The molecule has 0 unspecified atom stereocenters. The van der Waals surface area contributed by atoms with E-state index in [0.29, 0.717) is 5.69 Å². The second-order valence-corrected chi connectivity index (χ2v) is 3.18. The topological polar surface area (TPSA) is 48.7 Å². The molecule has 14 heavy (non-hydrogen) atoms. The molecule has 1 aromatic rings. The highest BCUT2D eigenvalue weighted by atomic mass is 14.9. The lowest BCUT2D eigenvalue weighted by Gasteiger charge is -2.04. The Labute approximate surface area is 84.8 Å². The first-order valence-corrected chi connectivity index (χ1v) is 4.97. The van der Waals surface area contributed by atoms with Gasteiger partial charge in [-0.2, -0.15) is 5.26 Å². The van der Waals surface area contributed by atoms with Crippen LogP contribution < -0.4 is 5.32 Å². The van der Waals surface area contributed by atoms with Gasteiger partial charge in [0.25, 0.3) is 0 Å². The zero-order chi connectivity index (χ0) is 10.2. The van der Waals surface area contributed by atoms with Crippen molar-refractivity contribution in [2.24, 2.45) is 0 Å². The van der Waals surface area contributed by atoms with Gasteiger partial charge >= 0.3 is 0 Å². The van der Waals surface area contributed by atoms with Gasteiger partial charge in [0.2, 0.25) is 0 Å². The van der Waals surface area contributed by atoms with Crippen LogP contribution in [0.5, 0.6) is 0 Å². The zero-order valence-corrected chi connectivity index (χ0v) is 8.45. The summed E-state index contributed by atoms with van der Waals surface area (Å²) in [5.74, 6) is 0. The van der Waals surface area contributed by atoms with E-state index in [4.69, 9.17) is 5.26 Å². The fourth-order valence-electron chi connectivity index (χ4n) is 1.21. The summed E-state index contributed by atoms with van der Waals surface area (Å²) in [6, 6.07) is 5.67. The molecule has 0 atom stereocenters. The van der Waals surface area contributed by atoms with Gasteiger partial charge in [0.1, 0.15) is 11.8 Å². The number of hydrogen-bond acceptors (Lipinski definition) is 3. The molecule has 0 aliphatic heterocycles. The maximum atomic E-state index is 8.63. The summed E-state index contributed by atoms with van der Waals surface area (Å²) in [5.41, 5.74) is 1.44. The smallest absolute Gasteiger partial charge is 0.142 e. The third-order valence-electron chi connectivity index (χ3n) is 1.98. The van der Waals surface area contributed by atoms with Gasteiger partial charge in [-0.05, 0) is 18.6 Å². The van der Waals surface area contributed by atoms with Crippen LogP contribution in [0.4, 0.5) is 5.69 Å². The Hall–Kier alpha value is -1.56. The van der Waals surface area contributed by atoms with Crippen LogP contribution in [-0.4, -0.2) is 11.5 Å². The molecule has 0 aromatic carbocycles. The fourth-order valence-corrected chi connectivity index (χ4v) is 1.21. The number of pyridine rings is 1. The molecule has 74 valence electrons. The van der Waals surface area contributed by atoms with Gasteiger partial charge in [0.15, 0.2) is 0 Å². The van der Waals surface area contributed by atoms with Crippen LogP contribution in [0.25, 0.3) is 0 Å². The van der Waals surface area contributed by atoms with Crippen molar-refractivity contribution in [3.05, 3.63) is 24.0 Å². The van der Waals surface area contributed by atoms with E-state index in [1.807, 2.05) is 12.1 Å². The largest absolute Gasteiger partial charge is 0.385 e. The minimum absolute atomic E-state index is 0.463. The highest BCUT2D eigenvalue weighted by Gasteiger charge is 1.94. The summed E-state index contributed by atoms with van der Waals surface area (Å²) in [7, 11) is 0. The maximum absolute atomic E-state index is 8.63. The second-order valence-electron chi connectivity index (χ2n) is 3.18. The van der Waals surface area contributed by atoms with Crippen molar-refractivity contribution < 1.29 is 0 Å². The van der Waals surface area contributed by atoms with Gasteiger partial charge in [-0.1, -0.05) is 19.8 Å². The number of anilines is 1. The van der Waals surface area contributed by atoms with E-state index in [1.165, 1.54) is 19.3 Å². The molecule has 0 saturated carbocycles. The number of unbranched alkanes of at least 4 members (excludes halogenated alkanes) is 2. The molecule has 1 aromatic heterocycles. The van der Waals surface area contributed by atoms with Crippen LogP contribution >= 0.6 is 0 Å². The average molecular weight is 189 g/mol. The third-order valence-corrected chi connectivity index (χ3v) is 1.98. The summed E-state index contributed by atoms with van der Waals surface area (Å²) in [4.78, 5) is 3.90. The minimum atomic E-state index is 0.463. The molecule has 3 heteroatoms. The van der Waals surface area contributed by atoms with Crippen molar-refractivity contribution in [1.82, 2.24) is 4.98 Å². The summed E-state index contributed by atoms with van der Waals surface area (Å²) in [6.45, 7) is 3.14. The van der Waals surface area contributed by atoms with E-state index in [-0.39, 0.29) is 0 Å². The van der Waals surface area contributed by atoms with Gasteiger partial charge in [-0.15, -0.1) is 0 Å². The molecule has 0 fully saturated rings. The summed E-state index contributed by atoms with van der Waals surface area (Å²) in [5, 5.41) is 11.9. The number of nitrogens with one attached hydrogen (secondary N) is 1. The summed E-state index contributed by atoms with van der Waals surface area (Å²) >= 11 is 0. The predicted molar refractivity (Wildman–Crippen MR) is 57.0 cm³/mol. The van der Waals surface area contributed by atoms with Crippen molar-refractivity contribution in [1.29, 1.82) is 5.26 Å². The first-order valence-electron chi connectivity index (χ1n) is 4.97. The number of aromatic nitrogens is 1. The molecule has 0 spiro atoms. The molecule has 0 saturated heterocycles. The number of rotatable bonds is 5. The van der Waals surface area contributed by atoms with E-state index in [1.54, 1.807) is 12.3 Å². The number of hydrogen-bond donors (Lipinski definition) is 1. The molecular formula is C11H15N3. The van der Waals surface area contributed by atoms with E-state index in [9.17, 15) is 0 Å². The predicted octanol–water partition coefficient (Wildman–Crippen LogP) is 2.56. The number of nitrogens with zero attached hydrogens (tertiary/aromatic N) is 2. The molecule has 0 bridgehead atoms. The summed E-state index contributed by atoms with van der Waals surface area (Å²) < 4.78 is 0. The van der Waals surface area contributed by atoms with E-state index < -0.39 is 0 Å². The van der Waals surface area contributed by atoms with Gasteiger partial charge in [0, 0.05) is 18.4 Å². The van der Waals surface area contributed by atoms with Crippen LogP contribution in [0.3, 0.4) is 0 Å². The Kier molecular flexibility index (Phi) is 4.49. The second kappa shape index (κ2) is 5.98. The molecule has 0 amide bonds. The Morgan fingerprint density at radius 3 is 3.07 bits per heavy atom. The maximum Gasteiger partial charge on any atom is 0.142 e. The van der Waals surface area contributed by atoms with Crippen LogP contribution in [0.2, 0.25) is 0 Å². The monoisotopic (exact) mass is 189 g/mol. The van der Waals surface area contributed by atoms with Crippen molar-refractivity contribution in [3.8, 4) is 6.07 Å². The molecule has 0 aliphatic rings. The van der Waals surface area contributed by atoms with Crippen molar-refractivity contribution in [2.75, 3.05) is 11.9 Å². The van der Waals surface area contributed by atoms with E-state index >= 15 is 0 Å². The molecule has 0 aliphatic carbocycles. The molecule has 1 rings (SSSR count). The molecule has 1 heterocycles.